The van der Waals surface area contributed by atoms with Crippen LogP contribution in [0.4, 0.5) is 0 Å². The van der Waals surface area contributed by atoms with Crippen molar-refractivity contribution in [3.8, 4) is 68.9 Å². The zero-order valence-corrected chi connectivity index (χ0v) is 25.0. The fraction of sp³-hybridized carbons (Fsp3) is 0.231. The van der Waals surface area contributed by atoms with Crippen LogP contribution in [0.15, 0.2) is 91.0 Å². The van der Waals surface area contributed by atoms with E-state index in [2.05, 4.69) is 53.7 Å². The van der Waals surface area contributed by atoms with Crippen molar-refractivity contribution in [2.24, 2.45) is 0 Å². The molecule has 42 heavy (non-hydrogen) atoms. The molecule has 3 heteroatoms. The standard InChI is InChI=1S/C39H36O3/c1-37(2,40)22-19-28-7-13-31(14-8-28)34-25-35(32-15-9-29(10-16-32)20-23-38(3,4)41)27-36(26-34)33-17-11-30(12-18-33)21-24-39(5,6)42/h7-18,25-27,40-42H,1-6H3. The summed E-state index contributed by atoms with van der Waals surface area (Å²) in [5, 5.41) is 29.8. The molecular weight excluding hydrogens is 516 g/mol. The lowest BCUT2D eigenvalue weighted by molar-refractivity contribution is 0.143. The Morgan fingerprint density at radius 1 is 0.357 bits per heavy atom. The summed E-state index contributed by atoms with van der Waals surface area (Å²) in [6.45, 7) is 10.0. The monoisotopic (exact) mass is 552 g/mol. The molecule has 3 N–H and O–H groups in total. The lowest BCUT2D eigenvalue weighted by Gasteiger charge is -2.12. The van der Waals surface area contributed by atoms with Gasteiger partial charge in [0.15, 0.2) is 0 Å². The smallest absolute Gasteiger partial charge is 0.120 e. The van der Waals surface area contributed by atoms with Crippen LogP contribution in [0.25, 0.3) is 33.4 Å². The Balaban J connectivity index is 1.76. The molecule has 0 atom stereocenters. The van der Waals surface area contributed by atoms with E-state index in [4.69, 9.17) is 0 Å². The van der Waals surface area contributed by atoms with Crippen molar-refractivity contribution in [1.29, 1.82) is 0 Å². The second-order valence-electron chi connectivity index (χ2n) is 12.0. The Hall–Kier alpha value is -4.56. The number of hydrogen-bond acceptors (Lipinski definition) is 3. The molecule has 0 radical (unpaired) electrons. The molecule has 4 rings (SSSR count). The average Bonchev–Trinajstić information content (AvgIpc) is 2.93. The summed E-state index contributed by atoms with van der Waals surface area (Å²) in [7, 11) is 0. The number of aliphatic hydroxyl groups is 3. The molecule has 0 aliphatic carbocycles. The molecule has 0 aromatic heterocycles. The van der Waals surface area contributed by atoms with Crippen molar-refractivity contribution in [2.75, 3.05) is 0 Å². The maximum absolute atomic E-state index is 9.94. The molecule has 0 aliphatic rings. The second kappa shape index (κ2) is 12.1. The molecule has 4 aromatic rings. The van der Waals surface area contributed by atoms with Gasteiger partial charge in [0, 0.05) is 16.7 Å². The van der Waals surface area contributed by atoms with Crippen LogP contribution in [0.3, 0.4) is 0 Å². The fourth-order valence-electron chi connectivity index (χ4n) is 4.04. The van der Waals surface area contributed by atoms with E-state index in [0.29, 0.717) is 0 Å². The van der Waals surface area contributed by atoms with Gasteiger partial charge in [-0.15, -0.1) is 0 Å². The number of hydrogen-bond donors (Lipinski definition) is 3. The molecular formula is C39H36O3. The van der Waals surface area contributed by atoms with Crippen LogP contribution in [0.1, 0.15) is 58.2 Å². The quantitative estimate of drug-likeness (QED) is 0.239. The van der Waals surface area contributed by atoms with E-state index in [1.165, 1.54) is 0 Å². The van der Waals surface area contributed by atoms with E-state index in [0.717, 1.165) is 50.1 Å². The van der Waals surface area contributed by atoms with Crippen LogP contribution in [-0.2, 0) is 0 Å². The van der Waals surface area contributed by atoms with E-state index < -0.39 is 16.8 Å². The highest BCUT2D eigenvalue weighted by atomic mass is 16.3. The molecule has 0 bridgehead atoms. The van der Waals surface area contributed by atoms with Gasteiger partial charge in [0.25, 0.3) is 0 Å². The maximum Gasteiger partial charge on any atom is 0.120 e. The van der Waals surface area contributed by atoms with Gasteiger partial charge < -0.3 is 15.3 Å². The van der Waals surface area contributed by atoms with E-state index >= 15 is 0 Å². The minimum Gasteiger partial charge on any atom is -0.378 e. The van der Waals surface area contributed by atoms with Crippen LogP contribution in [0.2, 0.25) is 0 Å². The van der Waals surface area contributed by atoms with Crippen molar-refractivity contribution in [1.82, 2.24) is 0 Å². The maximum atomic E-state index is 9.94. The van der Waals surface area contributed by atoms with Gasteiger partial charge in [0.1, 0.15) is 16.8 Å². The van der Waals surface area contributed by atoms with Gasteiger partial charge in [-0.05, 0) is 130 Å². The van der Waals surface area contributed by atoms with Gasteiger partial charge in [0.2, 0.25) is 0 Å². The number of rotatable bonds is 3. The molecule has 0 heterocycles. The van der Waals surface area contributed by atoms with Gasteiger partial charge in [0.05, 0.1) is 0 Å². The molecule has 3 nitrogen and oxygen atoms in total. The Morgan fingerprint density at radius 2 is 0.571 bits per heavy atom. The molecule has 0 saturated carbocycles. The molecule has 0 spiro atoms. The van der Waals surface area contributed by atoms with Crippen LogP contribution in [-0.4, -0.2) is 32.1 Å². The fourth-order valence-corrected chi connectivity index (χ4v) is 4.04. The zero-order chi connectivity index (χ0) is 30.5. The first-order valence-electron chi connectivity index (χ1n) is 13.9. The van der Waals surface area contributed by atoms with E-state index in [1.807, 2.05) is 72.8 Å². The summed E-state index contributed by atoms with van der Waals surface area (Å²) in [6, 6.07) is 30.6. The van der Waals surface area contributed by atoms with Crippen molar-refractivity contribution < 1.29 is 15.3 Å². The zero-order valence-electron chi connectivity index (χ0n) is 25.0. The Labute approximate surface area is 249 Å². The van der Waals surface area contributed by atoms with Crippen molar-refractivity contribution in [2.45, 2.75) is 58.3 Å². The van der Waals surface area contributed by atoms with Crippen molar-refractivity contribution >= 4 is 0 Å². The Morgan fingerprint density at radius 3 is 0.762 bits per heavy atom. The van der Waals surface area contributed by atoms with E-state index in [-0.39, 0.29) is 0 Å². The number of benzene rings is 4. The second-order valence-corrected chi connectivity index (χ2v) is 12.0. The first-order valence-corrected chi connectivity index (χ1v) is 13.9. The predicted molar refractivity (Wildman–Crippen MR) is 172 cm³/mol. The molecule has 0 saturated heterocycles. The predicted octanol–water partition coefficient (Wildman–Crippen LogP) is 7.05. The van der Waals surface area contributed by atoms with Crippen LogP contribution < -0.4 is 0 Å². The van der Waals surface area contributed by atoms with Gasteiger partial charge in [-0.3, -0.25) is 0 Å². The van der Waals surface area contributed by atoms with Gasteiger partial charge >= 0.3 is 0 Å². The first-order chi connectivity index (χ1) is 19.6. The van der Waals surface area contributed by atoms with Crippen LogP contribution >= 0.6 is 0 Å². The molecule has 0 amide bonds. The molecule has 0 fully saturated rings. The summed E-state index contributed by atoms with van der Waals surface area (Å²) in [5.41, 5.74) is 5.68. The van der Waals surface area contributed by atoms with E-state index in [1.54, 1.807) is 41.5 Å². The summed E-state index contributed by atoms with van der Waals surface area (Å²) in [6.07, 6.45) is 0. The minimum absolute atomic E-state index is 0.836. The first kappa shape index (κ1) is 30.4. The summed E-state index contributed by atoms with van der Waals surface area (Å²) >= 11 is 0. The van der Waals surface area contributed by atoms with Gasteiger partial charge in [-0.1, -0.05) is 71.9 Å². The third-order valence-electron chi connectivity index (χ3n) is 6.13. The van der Waals surface area contributed by atoms with Gasteiger partial charge in [-0.2, -0.15) is 0 Å². The SMILES string of the molecule is CC(C)(O)C#Cc1ccc(-c2cc(-c3ccc(C#CC(C)(C)O)cc3)cc(-c3ccc(C#CC(C)(C)O)cc3)c2)cc1. The van der Waals surface area contributed by atoms with Crippen LogP contribution in [0, 0.1) is 35.5 Å². The summed E-state index contributed by atoms with van der Waals surface area (Å²) < 4.78 is 0. The Bertz CT molecular complexity index is 1510. The Kier molecular flexibility index (Phi) is 8.78. The summed E-state index contributed by atoms with van der Waals surface area (Å²) in [4.78, 5) is 0. The third-order valence-corrected chi connectivity index (χ3v) is 6.13. The normalized spacial score (nSPS) is 11.4. The van der Waals surface area contributed by atoms with Gasteiger partial charge in [-0.25, -0.2) is 0 Å². The largest absolute Gasteiger partial charge is 0.378 e. The highest BCUT2D eigenvalue weighted by molar-refractivity contribution is 5.81. The minimum atomic E-state index is -1.05. The van der Waals surface area contributed by atoms with Crippen molar-refractivity contribution in [3.63, 3.8) is 0 Å². The van der Waals surface area contributed by atoms with Crippen molar-refractivity contribution in [3.05, 3.63) is 108 Å². The molecule has 0 unspecified atom stereocenters. The van der Waals surface area contributed by atoms with Crippen LogP contribution in [0.5, 0.6) is 0 Å². The van der Waals surface area contributed by atoms with E-state index in [9.17, 15) is 15.3 Å². The lowest BCUT2D eigenvalue weighted by atomic mass is 9.92. The summed E-state index contributed by atoms with van der Waals surface area (Å²) in [5.74, 6) is 17.7. The highest BCUT2D eigenvalue weighted by Gasteiger charge is 2.10. The molecule has 210 valence electrons. The topological polar surface area (TPSA) is 60.7 Å². The average molecular weight is 553 g/mol. The molecule has 4 aromatic carbocycles. The lowest BCUT2D eigenvalue weighted by Crippen LogP contribution is -2.14. The highest BCUT2D eigenvalue weighted by Crippen LogP contribution is 2.33. The molecule has 0 aliphatic heterocycles. The third kappa shape index (κ3) is 9.24.